The number of carbonyl (C=O) groups excluding carboxylic acids is 1. The molecule has 0 fully saturated rings. The van der Waals surface area contributed by atoms with Crippen molar-refractivity contribution < 1.29 is 14.3 Å². The first kappa shape index (κ1) is 13.1. The summed E-state index contributed by atoms with van der Waals surface area (Å²) >= 11 is 0. The van der Waals surface area contributed by atoms with Crippen molar-refractivity contribution in [3.63, 3.8) is 0 Å². The van der Waals surface area contributed by atoms with Crippen LogP contribution in [0.2, 0.25) is 0 Å². The molecule has 1 heterocycles. The molecule has 0 radical (unpaired) electrons. The van der Waals surface area contributed by atoms with E-state index in [0.29, 0.717) is 29.4 Å². The van der Waals surface area contributed by atoms with Gasteiger partial charge in [0.15, 0.2) is 11.4 Å². The Bertz CT molecular complexity index is 590. The highest BCUT2D eigenvalue weighted by molar-refractivity contribution is 6.09. The van der Waals surface area contributed by atoms with Crippen LogP contribution in [0.15, 0.2) is 30.5 Å². The summed E-state index contributed by atoms with van der Waals surface area (Å²) in [7, 11) is 3.23. The molecule has 0 saturated carbocycles. The van der Waals surface area contributed by atoms with E-state index >= 15 is 0 Å². The molecule has 0 aliphatic rings. The quantitative estimate of drug-likeness (QED) is 0.772. The molecule has 0 bridgehead atoms. The van der Waals surface area contributed by atoms with Gasteiger partial charge in [-0.1, -0.05) is 12.1 Å². The summed E-state index contributed by atoms with van der Waals surface area (Å²) in [5.74, 6) is 1.00. The maximum atomic E-state index is 12.5. The molecule has 100 valence electrons. The first-order valence-electron chi connectivity index (χ1n) is 6.01. The average molecular weight is 260 g/mol. The number of nitrogens with zero attached hydrogens (tertiary/aromatic N) is 2. The Morgan fingerprint density at radius 1 is 1.42 bits per heavy atom. The van der Waals surface area contributed by atoms with Crippen LogP contribution in [0.4, 0.5) is 0 Å². The third kappa shape index (κ3) is 2.59. The van der Waals surface area contributed by atoms with Crippen LogP contribution in [-0.2, 0) is 7.05 Å². The fourth-order valence-corrected chi connectivity index (χ4v) is 1.86. The molecule has 0 unspecified atom stereocenters. The van der Waals surface area contributed by atoms with E-state index in [4.69, 9.17) is 9.47 Å². The van der Waals surface area contributed by atoms with Crippen molar-refractivity contribution in [1.82, 2.24) is 9.78 Å². The van der Waals surface area contributed by atoms with Gasteiger partial charge in [0.1, 0.15) is 5.75 Å². The second-order valence-electron chi connectivity index (χ2n) is 3.98. The van der Waals surface area contributed by atoms with Crippen LogP contribution >= 0.6 is 0 Å². The number of methoxy groups -OCH3 is 1. The van der Waals surface area contributed by atoms with Crippen LogP contribution in [0, 0.1) is 0 Å². The standard InChI is InChI=1S/C14H16N2O3/c1-4-19-11-7-5-6-10(8-11)14(17)13-12(18-3)9-15-16(13)2/h5-9H,4H2,1-3H3. The second-order valence-corrected chi connectivity index (χ2v) is 3.98. The lowest BCUT2D eigenvalue weighted by molar-refractivity contribution is 0.102. The molecule has 0 N–H and O–H groups in total. The Labute approximate surface area is 111 Å². The van der Waals surface area contributed by atoms with Gasteiger partial charge in [0.2, 0.25) is 5.78 Å². The highest BCUT2D eigenvalue weighted by Crippen LogP contribution is 2.22. The molecule has 0 amide bonds. The summed E-state index contributed by atoms with van der Waals surface area (Å²) in [4.78, 5) is 12.5. The van der Waals surface area contributed by atoms with Gasteiger partial charge in [0.25, 0.3) is 0 Å². The lowest BCUT2D eigenvalue weighted by Gasteiger charge is -2.07. The molecule has 0 saturated heterocycles. The van der Waals surface area contributed by atoms with Crippen LogP contribution in [-0.4, -0.2) is 29.3 Å². The summed E-state index contributed by atoms with van der Waals surface area (Å²) in [5.41, 5.74) is 0.976. The lowest BCUT2D eigenvalue weighted by Crippen LogP contribution is -2.09. The highest BCUT2D eigenvalue weighted by Gasteiger charge is 2.19. The van der Waals surface area contributed by atoms with Crippen molar-refractivity contribution in [2.45, 2.75) is 6.92 Å². The molecular formula is C14H16N2O3. The van der Waals surface area contributed by atoms with Gasteiger partial charge in [0.05, 0.1) is 19.9 Å². The van der Waals surface area contributed by atoms with Gasteiger partial charge in [-0.3, -0.25) is 9.48 Å². The molecule has 1 aromatic carbocycles. The molecule has 2 aromatic rings. The zero-order valence-electron chi connectivity index (χ0n) is 11.2. The van der Waals surface area contributed by atoms with E-state index in [1.807, 2.05) is 13.0 Å². The number of rotatable bonds is 5. The van der Waals surface area contributed by atoms with Crippen molar-refractivity contribution in [2.75, 3.05) is 13.7 Å². The smallest absolute Gasteiger partial charge is 0.214 e. The monoisotopic (exact) mass is 260 g/mol. The Morgan fingerprint density at radius 3 is 2.89 bits per heavy atom. The molecule has 0 aliphatic heterocycles. The van der Waals surface area contributed by atoms with Crippen molar-refractivity contribution >= 4 is 5.78 Å². The number of carbonyl (C=O) groups is 1. The molecule has 0 aliphatic carbocycles. The molecule has 0 atom stereocenters. The van der Waals surface area contributed by atoms with Crippen molar-refractivity contribution in [2.24, 2.45) is 7.05 Å². The first-order chi connectivity index (χ1) is 9.17. The zero-order valence-corrected chi connectivity index (χ0v) is 11.2. The normalized spacial score (nSPS) is 10.3. The Balaban J connectivity index is 2.38. The molecule has 5 heteroatoms. The maximum absolute atomic E-state index is 12.5. The number of ketones is 1. The summed E-state index contributed by atoms with van der Waals surface area (Å²) in [5, 5.41) is 4.03. The first-order valence-corrected chi connectivity index (χ1v) is 6.01. The number of aryl methyl sites for hydroxylation is 1. The fourth-order valence-electron chi connectivity index (χ4n) is 1.86. The van der Waals surface area contributed by atoms with Gasteiger partial charge in [0, 0.05) is 12.6 Å². The van der Waals surface area contributed by atoms with Crippen molar-refractivity contribution in [3.8, 4) is 11.5 Å². The summed E-state index contributed by atoms with van der Waals surface area (Å²) in [6.45, 7) is 2.46. The molecule has 2 rings (SSSR count). The van der Waals surface area contributed by atoms with Crippen LogP contribution in [0.25, 0.3) is 0 Å². The van der Waals surface area contributed by atoms with Crippen molar-refractivity contribution in [3.05, 3.63) is 41.7 Å². The van der Waals surface area contributed by atoms with E-state index in [9.17, 15) is 4.79 Å². The summed E-state index contributed by atoms with van der Waals surface area (Å²) < 4.78 is 12.1. The zero-order chi connectivity index (χ0) is 13.8. The molecule has 0 spiro atoms. The number of aromatic nitrogens is 2. The van der Waals surface area contributed by atoms with Crippen molar-refractivity contribution in [1.29, 1.82) is 0 Å². The molecule has 1 aromatic heterocycles. The van der Waals surface area contributed by atoms with Gasteiger partial charge in [-0.15, -0.1) is 0 Å². The summed E-state index contributed by atoms with van der Waals surface area (Å²) in [6.07, 6.45) is 1.53. The molecule has 19 heavy (non-hydrogen) atoms. The summed E-state index contributed by atoms with van der Waals surface area (Å²) in [6, 6.07) is 7.08. The predicted octanol–water partition coefficient (Wildman–Crippen LogP) is 2.06. The van der Waals surface area contributed by atoms with Gasteiger partial charge in [-0.05, 0) is 19.1 Å². The topological polar surface area (TPSA) is 53.4 Å². The Morgan fingerprint density at radius 2 is 2.21 bits per heavy atom. The maximum Gasteiger partial charge on any atom is 0.214 e. The van der Waals surface area contributed by atoms with E-state index in [2.05, 4.69) is 5.10 Å². The average Bonchev–Trinajstić information content (AvgIpc) is 2.80. The number of ether oxygens (including phenoxy) is 2. The Hall–Kier alpha value is -2.30. The third-order valence-corrected chi connectivity index (χ3v) is 2.75. The minimum atomic E-state index is -0.140. The van der Waals surface area contributed by atoms with E-state index in [-0.39, 0.29) is 5.78 Å². The fraction of sp³-hybridized carbons (Fsp3) is 0.286. The number of benzene rings is 1. The van der Waals surface area contributed by atoms with E-state index in [1.54, 1.807) is 25.2 Å². The highest BCUT2D eigenvalue weighted by atomic mass is 16.5. The van der Waals surface area contributed by atoms with E-state index < -0.39 is 0 Å². The van der Waals surface area contributed by atoms with Gasteiger partial charge < -0.3 is 9.47 Å². The van der Waals surface area contributed by atoms with Crippen LogP contribution in [0.5, 0.6) is 11.5 Å². The van der Waals surface area contributed by atoms with Crippen LogP contribution < -0.4 is 9.47 Å². The number of hydrogen-bond donors (Lipinski definition) is 0. The van der Waals surface area contributed by atoms with Gasteiger partial charge in [-0.25, -0.2) is 0 Å². The lowest BCUT2D eigenvalue weighted by atomic mass is 10.1. The van der Waals surface area contributed by atoms with Crippen LogP contribution in [0.1, 0.15) is 23.0 Å². The molecule has 5 nitrogen and oxygen atoms in total. The molecular weight excluding hydrogens is 244 g/mol. The van der Waals surface area contributed by atoms with Gasteiger partial charge in [-0.2, -0.15) is 5.10 Å². The second kappa shape index (κ2) is 5.56. The van der Waals surface area contributed by atoms with E-state index in [1.165, 1.54) is 18.0 Å². The van der Waals surface area contributed by atoms with E-state index in [0.717, 1.165) is 0 Å². The SMILES string of the molecule is CCOc1cccc(C(=O)c2c(OC)cnn2C)c1. The Kier molecular flexibility index (Phi) is 3.85. The minimum Gasteiger partial charge on any atom is -0.494 e. The van der Waals surface area contributed by atoms with Gasteiger partial charge >= 0.3 is 0 Å². The largest absolute Gasteiger partial charge is 0.494 e. The number of hydrogen-bond acceptors (Lipinski definition) is 4. The third-order valence-electron chi connectivity index (χ3n) is 2.75. The van der Waals surface area contributed by atoms with Crippen LogP contribution in [0.3, 0.4) is 0 Å². The minimum absolute atomic E-state index is 0.140. The predicted molar refractivity (Wildman–Crippen MR) is 70.8 cm³/mol.